The second kappa shape index (κ2) is 9.83. The zero-order valence-electron chi connectivity index (χ0n) is 17.1. The summed E-state index contributed by atoms with van der Waals surface area (Å²) in [5.74, 6) is -0.744. The van der Waals surface area contributed by atoms with E-state index in [9.17, 15) is 13.6 Å². The van der Waals surface area contributed by atoms with Crippen molar-refractivity contribution in [2.24, 2.45) is 0 Å². The Morgan fingerprint density at radius 2 is 1.68 bits per heavy atom. The Bertz CT molecular complexity index is 1090. The zero-order chi connectivity index (χ0) is 22.4. The molecule has 0 aliphatic rings. The molecule has 31 heavy (non-hydrogen) atoms. The first kappa shape index (κ1) is 21.9. The minimum atomic E-state index is -0.678. The van der Waals surface area contributed by atoms with E-state index in [1.807, 2.05) is 6.07 Å². The zero-order valence-corrected chi connectivity index (χ0v) is 17.1. The molecule has 0 aromatic heterocycles. The normalized spacial score (nSPS) is 11.6. The highest BCUT2D eigenvalue weighted by atomic mass is 19.1. The minimum Gasteiger partial charge on any atom is -0.457 e. The number of hydrogen-bond donors (Lipinski definition) is 1. The van der Waals surface area contributed by atoms with Crippen LogP contribution in [0.25, 0.3) is 0 Å². The number of benzene rings is 3. The van der Waals surface area contributed by atoms with Crippen LogP contribution in [0.2, 0.25) is 0 Å². The van der Waals surface area contributed by atoms with Gasteiger partial charge in [-0.25, -0.2) is 8.78 Å². The van der Waals surface area contributed by atoms with Crippen molar-refractivity contribution in [3.05, 3.63) is 95.1 Å². The fraction of sp³-hybridized carbons (Fsp3) is 0.167. The predicted molar refractivity (Wildman–Crippen MR) is 113 cm³/mol. The summed E-state index contributed by atoms with van der Waals surface area (Å²) >= 11 is 0. The predicted octanol–water partition coefficient (Wildman–Crippen LogP) is 4.66. The van der Waals surface area contributed by atoms with Crippen LogP contribution in [0.15, 0.2) is 66.7 Å². The molecule has 1 amide bonds. The monoisotopic (exact) mass is 421 g/mol. The number of rotatable bonds is 7. The summed E-state index contributed by atoms with van der Waals surface area (Å²) < 4.78 is 34.1. The molecule has 0 heterocycles. The van der Waals surface area contributed by atoms with E-state index in [4.69, 9.17) is 10.00 Å². The fourth-order valence-corrected chi connectivity index (χ4v) is 3.10. The molecular weight excluding hydrogens is 400 g/mol. The van der Waals surface area contributed by atoms with Crippen LogP contribution in [0.1, 0.15) is 27.5 Å². The molecule has 3 aromatic rings. The van der Waals surface area contributed by atoms with Gasteiger partial charge in [0.2, 0.25) is 0 Å². The van der Waals surface area contributed by atoms with Crippen LogP contribution in [0.4, 0.5) is 8.78 Å². The fourth-order valence-electron chi connectivity index (χ4n) is 3.10. The number of likely N-dealkylation sites (N-methyl/N-ethyl adjacent to an activating group) is 1. The van der Waals surface area contributed by atoms with Gasteiger partial charge in [0.15, 0.2) is 0 Å². The molecule has 7 heteroatoms. The Kier molecular flexibility index (Phi) is 6.96. The number of amides is 1. The second-order valence-electron chi connectivity index (χ2n) is 7.09. The third kappa shape index (κ3) is 5.44. The van der Waals surface area contributed by atoms with E-state index in [2.05, 4.69) is 5.32 Å². The number of carbonyl (C=O) groups excluding carboxylic acids is 1. The summed E-state index contributed by atoms with van der Waals surface area (Å²) in [6.07, 6.45) is 0. The van der Waals surface area contributed by atoms with Crippen molar-refractivity contribution >= 4 is 5.91 Å². The molecule has 5 nitrogen and oxygen atoms in total. The Labute approximate surface area is 179 Å². The van der Waals surface area contributed by atoms with Gasteiger partial charge in [0.05, 0.1) is 17.7 Å². The first-order valence-electron chi connectivity index (χ1n) is 9.55. The average Bonchev–Trinajstić information content (AvgIpc) is 2.76. The lowest BCUT2D eigenvalue weighted by Crippen LogP contribution is -2.35. The van der Waals surface area contributed by atoms with Gasteiger partial charge in [-0.3, -0.25) is 4.79 Å². The van der Waals surface area contributed by atoms with Crippen LogP contribution in [-0.4, -0.2) is 31.4 Å². The maximum absolute atomic E-state index is 14.2. The summed E-state index contributed by atoms with van der Waals surface area (Å²) in [7, 11) is 3.38. The molecule has 0 bridgehead atoms. The lowest BCUT2D eigenvalue weighted by Gasteiger charge is -2.26. The number of halogens is 2. The third-order valence-electron chi connectivity index (χ3n) is 4.73. The van der Waals surface area contributed by atoms with Crippen LogP contribution >= 0.6 is 0 Å². The molecule has 0 fully saturated rings. The van der Waals surface area contributed by atoms with E-state index in [0.29, 0.717) is 22.6 Å². The van der Waals surface area contributed by atoms with E-state index < -0.39 is 23.6 Å². The quantitative estimate of drug-likeness (QED) is 0.603. The van der Waals surface area contributed by atoms with Crippen LogP contribution < -0.4 is 10.1 Å². The Morgan fingerprint density at radius 3 is 2.29 bits per heavy atom. The summed E-state index contributed by atoms with van der Waals surface area (Å²) in [6, 6.07) is 18.2. The highest BCUT2D eigenvalue weighted by Gasteiger charge is 2.23. The maximum Gasteiger partial charge on any atom is 0.251 e. The van der Waals surface area contributed by atoms with E-state index in [0.717, 1.165) is 0 Å². The molecular formula is C24H21F2N3O2. The smallest absolute Gasteiger partial charge is 0.251 e. The molecule has 0 spiro atoms. The van der Waals surface area contributed by atoms with Crippen molar-refractivity contribution in [2.45, 2.75) is 6.04 Å². The van der Waals surface area contributed by atoms with E-state index in [1.54, 1.807) is 67.5 Å². The topological polar surface area (TPSA) is 65.4 Å². The number of hydrogen-bond acceptors (Lipinski definition) is 4. The van der Waals surface area contributed by atoms with Crippen LogP contribution in [0.5, 0.6) is 11.5 Å². The summed E-state index contributed by atoms with van der Waals surface area (Å²) in [5, 5.41) is 11.6. The Morgan fingerprint density at radius 1 is 1.03 bits per heavy atom. The molecule has 1 atom stereocenters. The third-order valence-corrected chi connectivity index (χ3v) is 4.73. The molecule has 1 unspecified atom stereocenters. The van der Waals surface area contributed by atoms with Gasteiger partial charge in [-0.2, -0.15) is 5.26 Å². The highest BCUT2D eigenvalue weighted by molar-refractivity contribution is 5.94. The molecule has 0 saturated heterocycles. The minimum absolute atomic E-state index is 0.0182. The maximum atomic E-state index is 14.2. The second-order valence-corrected chi connectivity index (χ2v) is 7.09. The van der Waals surface area contributed by atoms with Crippen LogP contribution in [-0.2, 0) is 0 Å². The van der Waals surface area contributed by atoms with Gasteiger partial charge in [-0.1, -0.05) is 12.1 Å². The van der Waals surface area contributed by atoms with Crippen LogP contribution in [0, 0.1) is 23.0 Å². The van der Waals surface area contributed by atoms with Crippen molar-refractivity contribution in [1.82, 2.24) is 10.2 Å². The molecule has 0 radical (unpaired) electrons. The highest BCUT2D eigenvalue weighted by Crippen LogP contribution is 2.25. The number of carbonyl (C=O) groups is 1. The first-order chi connectivity index (χ1) is 14.9. The van der Waals surface area contributed by atoms with Gasteiger partial charge in [-0.05, 0) is 68.7 Å². The van der Waals surface area contributed by atoms with Crippen LogP contribution in [0.3, 0.4) is 0 Å². The number of nitrogens with one attached hydrogen (secondary N) is 1. The van der Waals surface area contributed by atoms with Crippen molar-refractivity contribution in [1.29, 1.82) is 5.26 Å². The van der Waals surface area contributed by atoms with Crippen molar-refractivity contribution in [2.75, 3.05) is 20.6 Å². The SMILES string of the molecule is CN(C)C(CNC(=O)c1cccc(Oc2ccc(C#N)cc2)c1)c1c(F)cccc1F. The summed E-state index contributed by atoms with van der Waals surface area (Å²) in [4.78, 5) is 14.3. The number of nitrogens with zero attached hydrogens (tertiary/aromatic N) is 2. The van der Waals surface area contributed by atoms with Crippen molar-refractivity contribution in [3.8, 4) is 17.6 Å². The van der Waals surface area contributed by atoms with Gasteiger partial charge in [0.25, 0.3) is 5.91 Å². The van der Waals surface area contributed by atoms with E-state index in [-0.39, 0.29) is 12.1 Å². The van der Waals surface area contributed by atoms with Gasteiger partial charge < -0.3 is 15.0 Å². The molecule has 1 N–H and O–H groups in total. The average molecular weight is 421 g/mol. The largest absolute Gasteiger partial charge is 0.457 e. The van der Waals surface area contributed by atoms with Gasteiger partial charge in [-0.15, -0.1) is 0 Å². The van der Waals surface area contributed by atoms with Gasteiger partial charge >= 0.3 is 0 Å². The van der Waals surface area contributed by atoms with Crippen molar-refractivity contribution < 1.29 is 18.3 Å². The lowest BCUT2D eigenvalue weighted by atomic mass is 10.0. The summed E-state index contributed by atoms with van der Waals surface area (Å²) in [5.41, 5.74) is 0.769. The molecule has 3 aromatic carbocycles. The van der Waals surface area contributed by atoms with Gasteiger partial charge in [0.1, 0.15) is 23.1 Å². The van der Waals surface area contributed by atoms with E-state index >= 15 is 0 Å². The number of ether oxygens (including phenoxy) is 1. The molecule has 0 aliphatic heterocycles. The Hall–Kier alpha value is -3.76. The molecule has 3 rings (SSSR count). The van der Waals surface area contributed by atoms with Crippen molar-refractivity contribution in [3.63, 3.8) is 0 Å². The standard InChI is InChI=1S/C24H21F2N3O2/c1-29(2)22(23-20(25)7-4-8-21(23)26)15-28-24(30)17-5-3-6-19(13-17)31-18-11-9-16(14-27)10-12-18/h3-13,22H,15H2,1-2H3,(H,28,30). The number of nitriles is 1. The molecule has 0 saturated carbocycles. The Balaban J connectivity index is 1.71. The molecule has 158 valence electrons. The van der Waals surface area contributed by atoms with Gasteiger partial charge in [0, 0.05) is 17.7 Å². The first-order valence-corrected chi connectivity index (χ1v) is 9.55. The summed E-state index contributed by atoms with van der Waals surface area (Å²) in [6.45, 7) is 0.0182. The molecule has 0 aliphatic carbocycles. The lowest BCUT2D eigenvalue weighted by molar-refractivity contribution is 0.0940. The van der Waals surface area contributed by atoms with E-state index in [1.165, 1.54) is 18.2 Å².